The Morgan fingerprint density at radius 3 is 2.79 bits per heavy atom. The minimum Gasteiger partial charge on any atom is -0.493 e. The Labute approximate surface area is 163 Å². The summed E-state index contributed by atoms with van der Waals surface area (Å²) in [6.45, 7) is 5.43. The van der Waals surface area contributed by atoms with Gasteiger partial charge in [0.1, 0.15) is 22.9 Å². The summed E-state index contributed by atoms with van der Waals surface area (Å²) < 4.78 is 16.6. The maximum Gasteiger partial charge on any atom is 0.255 e. The molecule has 148 valence electrons. The summed E-state index contributed by atoms with van der Waals surface area (Å²) in [5.74, 6) is 1.72. The molecule has 2 heterocycles. The van der Waals surface area contributed by atoms with E-state index in [0.29, 0.717) is 36.1 Å². The van der Waals surface area contributed by atoms with Gasteiger partial charge in [0, 0.05) is 18.6 Å². The monoisotopic (exact) mass is 383 g/mol. The first-order valence-corrected chi connectivity index (χ1v) is 9.14. The summed E-state index contributed by atoms with van der Waals surface area (Å²) >= 11 is 0. The van der Waals surface area contributed by atoms with Crippen molar-refractivity contribution in [2.24, 2.45) is 5.92 Å². The van der Waals surface area contributed by atoms with Crippen LogP contribution < -0.4 is 15.8 Å². The van der Waals surface area contributed by atoms with Crippen LogP contribution in [0.2, 0.25) is 0 Å². The van der Waals surface area contributed by atoms with Crippen LogP contribution in [0.25, 0.3) is 11.0 Å². The second kappa shape index (κ2) is 8.75. The third kappa shape index (κ3) is 4.80. The minimum absolute atomic E-state index is 0.170. The van der Waals surface area contributed by atoms with Crippen LogP contribution in [0.4, 0.5) is 5.82 Å². The summed E-state index contributed by atoms with van der Waals surface area (Å²) in [4.78, 5) is 16.6. The quantitative estimate of drug-likeness (QED) is 0.617. The number of nitrogen functional groups attached to an aromatic ring is 1. The largest absolute Gasteiger partial charge is 0.493 e. The fourth-order valence-electron chi connectivity index (χ4n) is 2.71. The molecule has 0 fully saturated rings. The van der Waals surface area contributed by atoms with Crippen LogP contribution in [-0.2, 0) is 17.9 Å². The molecule has 0 unspecified atom stereocenters. The van der Waals surface area contributed by atoms with Crippen molar-refractivity contribution in [2.75, 3.05) is 19.5 Å². The molecule has 0 atom stereocenters. The fraction of sp³-hybridized carbons (Fsp3) is 0.333. The van der Waals surface area contributed by atoms with E-state index >= 15 is 0 Å². The molecule has 0 aliphatic rings. The number of amides is 1. The average molecular weight is 383 g/mol. The fourth-order valence-corrected chi connectivity index (χ4v) is 2.71. The van der Waals surface area contributed by atoms with Crippen LogP contribution in [0.1, 0.15) is 35.7 Å². The smallest absolute Gasteiger partial charge is 0.255 e. The van der Waals surface area contributed by atoms with E-state index in [0.717, 1.165) is 16.7 Å². The molecule has 0 radical (unpaired) electrons. The summed E-state index contributed by atoms with van der Waals surface area (Å²) in [7, 11) is 1.57. The number of benzene rings is 1. The number of nitrogens with two attached hydrogens (primary N) is 1. The highest BCUT2D eigenvalue weighted by Crippen LogP contribution is 2.25. The third-order valence-electron chi connectivity index (χ3n) is 4.07. The number of hydrogen-bond acceptors (Lipinski definition) is 6. The Kier molecular flexibility index (Phi) is 6.16. The summed E-state index contributed by atoms with van der Waals surface area (Å²) in [6.07, 6.45) is 0. The number of methoxy groups -OCH3 is 1. The number of hydrogen-bond donors (Lipinski definition) is 2. The van der Waals surface area contributed by atoms with Crippen molar-refractivity contribution in [1.82, 2.24) is 10.3 Å². The highest BCUT2D eigenvalue weighted by atomic mass is 16.5. The normalized spacial score (nSPS) is 11.1. The van der Waals surface area contributed by atoms with Crippen molar-refractivity contribution in [3.8, 4) is 5.75 Å². The van der Waals surface area contributed by atoms with Gasteiger partial charge in [-0.05, 0) is 36.2 Å². The molecule has 28 heavy (non-hydrogen) atoms. The minimum atomic E-state index is -0.310. The molecular weight excluding hydrogens is 358 g/mol. The molecule has 3 rings (SSSR count). The standard InChI is InChI=1S/C21H25N3O4/c1-13(2)11-27-16-6-4-14-8-17(28-19(14)9-16)10-23-21(25)18-7-5-15(12-26-3)24-20(18)22/h4-9,13H,10-12H2,1-3H3,(H2,22,24)(H,23,25). The summed E-state index contributed by atoms with van der Waals surface area (Å²) in [5.41, 5.74) is 7.59. The maximum atomic E-state index is 12.4. The van der Waals surface area contributed by atoms with Gasteiger partial charge in [-0.2, -0.15) is 0 Å². The van der Waals surface area contributed by atoms with Crippen molar-refractivity contribution >= 4 is 22.7 Å². The molecular formula is C21H25N3O4. The Morgan fingerprint density at radius 2 is 2.07 bits per heavy atom. The van der Waals surface area contributed by atoms with Gasteiger partial charge in [-0.15, -0.1) is 0 Å². The Bertz CT molecular complexity index is 965. The van der Waals surface area contributed by atoms with E-state index in [4.69, 9.17) is 19.6 Å². The molecule has 3 N–H and O–H groups in total. The van der Waals surface area contributed by atoms with Crippen LogP contribution in [0.5, 0.6) is 5.75 Å². The van der Waals surface area contributed by atoms with Crippen molar-refractivity contribution in [2.45, 2.75) is 27.0 Å². The molecule has 1 amide bonds. The summed E-state index contributed by atoms with van der Waals surface area (Å²) in [6, 6.07) is 11.0. The van der Waals surface area contributed by atoms with E-state index in [1.165, 1.54) is 0 Å². The van der Waals surface area contributed by atoms with E-state index in [2.05, 4.69) is 24.1 Å². The topological polar surface area (TPSA) is 99.6 Å². The van der Waals surface area contributed by atoms with Gasteiger partial charge in [0.15, 0.2) is 0 Å². The number of nitrogens with one attached hydrogen (secondary N) is 1. The van der Waals surface area contributed by atoms with E-state index in [9.17, 15) is 4.79 Å². The molecule has 0 aliphatic carbocycles. The number of rotatable bonds is 8. The third-order valence-corrected chi connectivity index (χ3v) is 4.07. The zero-order valence-corrected chi connectivity index (χ0v) is 16.3. The van der Waals surface area contributed by atoms with E-state index in [1.807, 2.05) is 24.3 Å². The van der Waals surface area contributed by atoms with Gasteiger partial charge in [0.2, 0.25) is 0 Å². The van der Waals surface area contributed by atoms with E-state index in [-0.39, 0.29) is 18.3 Å². The van der Waals surface area contributed by atoms with Crippen LogP contribution in [0.3, 0.4) is 0 Å². The second-order valence-corrected chi connectivity index (χ2v) is 6.97. The van der Waals surface area contributed by atoms with Gasteiger partial charge in [0.05, 0.1) is 31.0 Å². The van der Waals surface area contributed by atoms with Crippen molar-refractivity contribution in [3.63, 3.8) is 0 Å². The van der Waals surface area contributed by atoms with Gasteiger partial charge in [0.25, 0.3) is 5.91 Å². The number of aromatic nitrogens is 1. The van der Waals surface area contributed by atoms with Crippen LogP contribution in [0.15, 0.2) is 40.8 Å². The van der Waals surface area contributed by atoms with Gasteiger partial charge < -0.3 is 24.9 Å². The van der Waals surface area contributed by atoms with Crippen LogP contribution in [0, 0.1) is 5.92 Å². The molecule has 0 saturated carbocycles. The van der Waals surface area contributed by atoms with Crippen molar-refractivity contribution < 1.29 is 18.7 Å². The molecule has 7 nitrogen and oxygen atoms in total. The molecule has 3 aromatic rings. The predicted molar refractivity (Wildman–Crippen MR) is 107 cm³/mol. The molecule has 2 aromatic heterocycles. The Morgan fingerprint density at radius 1 is 1.25 bits per heavy atom. The van der Waals surface area contributed by atoms with Crippen molar-refractivity contribution in [3.05, 3.63) is 53.4 Å². The van der Waals surface area contributed by atoms with Crippen molar-refractivity contribution in [1.29, 1.82) is 0 Å². The maximum absolute atomic E-state index is 12.4. The predicted octanol–water partition coefficient (Wildman–Crippen LogP) is 3.52. The lowest BCUT2D eigenvalue weighted by molar-refractivity contribution is 0.0948. The Hall–Kier alpha value is -3.06. The number of furan rings is 1. The van der Waals surface area contributed by atoms with Gasteiger partial charge in [-0.1, -0.05) is 13.8 Å². The van der Waals surface area contributed by atoms with Crippen LogP contribution in [-0.4, -0.2) is 24.6 Å². The van der Waals surface area contributed by atoms with E-state index in [1.54, 1.807) is 19.2 Å². The first kappa shape index (κ1) is 19.7. The molecule has 1 aromatic carbocycles. The van der Waals surface area contributed by atoms with Gasteiger partial charge in [-0.3, -0.25) is 4.79 Å². The second-order valence-electron chi connectivity index (χ2n) is 6.97. The molecule has 0 saturated heterocycles. The van der Waals surface area contributed by atoms with Crippen LogP contribution >= 0.6 is 0 Å². The summed E-state index contributed by atoms with van der Waals surface area (Å²) in [5, 5.41) is 3.76. The first-order chi connectivity index (χ1) is 13.5. The highest BCUT2D eigenvalue weighted by Gasteiger charge is 2.13. The number of pyridine rings is 1. The molecule has 0 aliphatic heterocycles. The molecule has 0 spiro atoms. The van der Waals surface area contributed by atoms with Gasteiger partial charge >= 0.3 is 0 Å². The number of nitrogens with zero attached hydrogens (tertiary/aromatic N) is 1. The lowest BCUT2D eigenvalue weighted by Crippen LogP contribution is -2.24. The lowest BCUT2D eigenvalue weighted by Gasteiger charge is -2.08. The number of ether oxygens (including phenoxy) is 2. The number of carbonyl (C=O) groups excluding carboxylic acids is 1. The zero-order chi connectivity index (χ0) is 20.1. The van der Waals surface area contributed by atoms with E-state index < -0.39 is 0 Å². The first-order valence-electron chi connectivity index (χ1n) is 9.14. The lowest BCUT2D eigenvalue weighted by atomic mass is 10.2. The van der Waals surface area contributed by atoms with Gasteiger partial charge in [-0.25, -0.2) is 4.98 Å². The number of fused-ring (bicyclic) bond motifs is 1. The zero-order valence-electron chi connectivity index (χ0n) is 16.3. The Balaban J connectivity index is 1.65. The average Bonchev–Trinajstić information content (AvgIpc) is 3.07. The SMILES string of the molecule is COCc1ccc(C(=O)NCc2cc3ccc(OCC(C)C)cc3o2)c(N)n1. The number of carbonyl (C=O) groups is 1. The molecule has 7 heteroatoms. The highest BCUT2D eigenvalue weighted by molar-refractivity contribution is 5.98. The number of anilines is 1. The molecule has 0 bridgehead atoms.